The number of hydrogen-bond acceptors (Lipinski definition) is 2. The van der Waals surface area contributed by atoms with E-state index in [2.05, 4.69) is 0 Å². The number of hydrogen-bond donors (Lipinski definition) is 1. The first-order valence-electron chi connectivity index (χ1n) is 5.04. The number of benzene rings is 2. The molecule has 0 amide bonds. The zero-order chi connectivity index (χ0) is 12.4. The summed E-state index contributed by atoms with van der Waals surface area (Å²) >= 11 is 0. The van der Waals surface area contributed by atoms with Gasteiger partial charge in [0.05, 0.1) is 0 Å². The van der Waals surface area contributed by atoms with E-state index >= 15 is 0 Å². The molecule has 2 nitrogen and oxygen atoms in total. The summed E-state index contributed by atoms with van der Waals surface area (Å²) in [5.74, 6) is -0.743. The van der Waals surface area contributed by atoms with Gasteiger partial charge < -0.3 is 10.5 Å². The van der Waals surface area contributed by atoms with Gasteiger partial charge in [-0.05, 0) is 30.7 Å². The van der Waals surface area contributed by atoms with E-state index in [4.69, 9.17) is 10.5 Å². The van der Waals surface area contributed by atoms with Crippen LogP contribution < -0.4 is 10.5 Å². The molecule has 0 bridgehead atoms. The molecule has 17 heavy (non-hydrogen) atoms. The second-order valence-electron chi connectivity index (χ2n) is 3.73. The van der Waals surface area contributed by atoms with E-state index in [1.165, 1.54) is 0 Å². The minimum Gasteiger partial charge on any atom is -0.457 e. The van der Waals surface area contributed by atoms with Crippen LogP contribution in [0.1, 0.15) is 5.56 Å². The monoisotopic (exact) mass is 235 g/mol. The number of aryl methyl sites for hydroxylation is 1. The van der Waals surface area contributed by atoms with Crippen molar-refractivity contribution in [3.05, 3.63) is 53.6 Å². The standard InChI is InChI=1S/C13H11F2NO/c1-8-4-11(2-3-13(8)16)17-12-6-9(14)5-10(15)7-12/h2-7H,16H2,1H3. The summed E-state index contributed by atoms with van der Waals surface area (Å²) in [6.45, 7) is 1.83. The first-order valence-corrected chi connectivity index (χ1v) is 5.04. The van der Waals surface area contributed by atoms with E-state index in [1.54, 1.807) is 18.2 Å². The molecule has 0 heterocycles. The molecule has 0 aliphatic carbocycles. The Morgan fingerprint density at radius 2 is 1.59 bits per heavy atom. The van der Waals surface area contributed by atoms with Crippen LogP contribution >= 0.6 is 0 Å². The Kier molecular flexibility index (Phi) is 2.95. The maximum absolute atomic E-state index is 12.9. The molecule has 2 aromatic carbocycles. The fraction of sp³-hybridized carbons (Fsp3) is 0.0769. The summed E-state index contributed by atoms with van der Waals surface area (Å²) in [6.07, 6.45) is 0. The molecule has 0 aliphatic rings. The Labute approximate surface area is 97.6 Å². The van der Waals surface area contributed by atoms with Crippen molar-refractivity contribution in [3.63, 3.8) is 0 Å². The lowest BCUT2D eigenvalue weighted by molar-refractivity contribution is 0.468. The number of nitrogens with two attached hydrogens (primary N) is 1. The third kappa shape index (κ3) is 2.72. The Balaban J connectivity index is 2.28. The molecule has 2 aromatic rings. The number of rotatable bonds is 2. The summed E-state index contributed by atoms with van der Waals surface area (Å²) in [5, 5.41) is 0. The van der Waals surface area contributed by atoms with Gasteiger partial charge >= 0.3 is 0 Å². The highest BCUT2D eigenvalue weighted by atomic mass is 19.1. The van der Waals surface area contributed by atoms with Gasteiger partial charge in [-0.3, -0.25) is 0 Å². The van der Waals surface area contributed by atoms with Gasteiger partial charge in [0.25, 0.3) is 0 Å². The van der Waals surface area contributed by atoms with Crippen LogP contribution in [0.15, 0.2) is 36.4 Å². The average molecular weight is 235 g/mol. The Hall–Kier alpha value is -2.10. The normalized spacial score (nSPS) is 10.3. The second kappa shape index (κ2) is 4.41. The van der Waals surface area contributed by atoms with Crippen LogP contribution in [0.4, 0.5) is 14.5 Å². The number of anilines is 1. The van der Waals surface area contributed by atoms with Gasteiger partial charge in [-0.15, -0.1) is 0 Å². The largest absolute Gasteiger partial charge is 0.457 e. The van der Waals surface area contributed by atoms with Crippen molar-refractivity contribution >= 4 is 5.69 Å². The highest BCUT2D eigenvalue weighted by Crippen LogP contribution is 2.25. The van der Waals surface area contributed by atoms with Gasteiger partial charge in [-0.25, -0.2) is 8.78 Å². The quantitative estimate of drug-likeness (QED) is 0.806. The predicted octanol–water partition coefficient (Wildman–Crippen LogP) is 3.65. The summed E-state index contributed by atoms with van der Waals surface area (Å²) in [5.41, 5.74) is 7.14. The van der Waals surface area contributed by atoms with Gasteiger partial charge in [0.2, 0.25) is 0 Å². The van der Waals surface area contributed by atoms with Crippen molar-refractivity contribution in [1.82, 2.24) is 0 Å². The van der Waals surface area contributed by atoms with Crippen molar-refractivity contribution in [1.29, 1.82) is 0 Å². The van der Waals surface area contributed by atoms with Crippen LogP contribution in [0.2, 0.25) is 0 Å². The predicted molar refractivity (Wildman–Crippen MR) is 62.0 cm³/mol. The van der Waals surface area contributed by atoms with E-state index in [0.29, 0.717) is 11.4 Å². The lowest BCUT2D eigenvalue weighted by Crippen LogP contribution is -1.91. The van der Waals surface area contributed by atoms with E-state index < -0.39 is 11.6 Å². The van der Waals surface area contributed by atoms with Crippen molar-refractivity contribution in [2.24, 2.45) is 0 Å². The third-order valence-corrected chi connectivity index (χ3v) is 2.31. The molecule has 0 radical (unpaired) electrons. The van der Waals surface area contributed by atoms with E-state index in [9.17, 15) is 8.78 Å². The Bertz CT molecular complexity index is 535. The molecular formula is C13H11F2NO. The SMILES string of the molecule is Cc1cc(Oc2cc(F)cc(F)c2)ccc1N. The number of ether oxygens (including phenoxy) is 1. The number of nitrogen functional groups attached to an aromatic ring is 1. The first kappa shape index (κ1) is 11.4. The topological polar surface area (TPSA) is 35.2 Å². The molecule has 2 N–H and O–H groups in total. The maximum Gasteiger partial charge on any atom is 0.133 e. The Morgan fingerprint density at radius 1 is 0.941 bits per heavy atom. The average Bonchev–Trinajstić information content (AvgIpc) is 2.22. The second-order valence-corrected chi connectivity index (χ2v) is 3.73. The number of halogens is 2. The molecule has 2 rings (SSSR count). The fourth-order valence-electron chi connectivity index (χ4n) is 1.44. The van der Waals surface area contributed by atoms with Crippen molar-refractivity contribution in [2.45, 2.75) is 6.92 Å². The minimum absolute atomic E-state index is 0.117. The molecule has 88 valence electrons. The Morgan fingerprint density at radius 3 is 2.18 bits per heavy atom. The highest BCUT2D eigenvalue weighted by molar-refractivity contribution is 5.50. The summed E-state index contributed by atoms with van der Waals surface area (Å²) < 4.78 is 31.2. The van der Waals surface area contributed by atoms with Crippen LogP contribution in [-0.2, 0) is 0 Å². The third-order valence-electron chi connectivity index (χ3n) is 2.31. The molecular weight excluding hydrogens is 224 g/mol. The molecule has 4 heteroatoms. The van der Waals surface area contributed by atoms with Gasteiger partial charge in [0, 0.05) is 23.9 Å². The lowest BCUT2D eigenvalue weighted by Gasteiger charge is -2.08. The zero-order valence-corrected chi connectivity index (χ0v) is 9.21. The van der Waals surface area contributed by atoms with Crippen LogP contribution in [0.25, 0.3) is 0 Å². The lowest BCUT2D eigenvalue weighted by atomic mass is 10.2. The van der Waals surface area contributed by atoms with Crippen LogP contribution in [0.5, 0.6) is 11.5 Å². The maximum atomic E-state index is 12.9. The first-order chi connectivity index (χ1) is 8.04. The van der Waals surface area contributed by atoms with Crippen LogP contribution in [0, 0.1) is 18.6 Å². The molecule has 0 aliphatic heterocycles. The summed E-state index contributed by atoms with van der Waals surface area (Å²) in [6, 6.07) is 8.06. The van der Waals surface area contributed by atoms with E-state index in [1.807, 2.05) is 6.92 Å². The molecule has 0 unspecified atom stereocenters. The van der Waals surface area contributed by atoms with Crippen molar-refractivity contribution < 1.29 is 13.5 Å². The van der Waals surface area contributed by atoms with E-state index in [-0.39, 0.29) is 5.75 Å². The summed E-state index contributed by atoms with van der Waals surface area (Å²) in [7, 11) is 0. The van der Waals surface area contributed by atoms with Crippen LogP contribution in [-0.4, -0.2) is 0 Å². The van der Waals surface area contributed by atoms with Gasteiger partial charge in [0.15, 0.2) is 0 Å². The highest BCUT2D eigenvalue weighted by Gasteiger charge is 2.04. The molecule has 0 fully saturated rings. The molecule has 0 spiro atoms. The fourth-order valence-corrected chi connectivity index (χ4v) is 1.44. The molecule has 0 atom stereocenters. The molecule has 0 aromatic heterocycles. The molecule has 0 saturated heterocycles. The van der Waals surface area contributed by atoms with Gasteiger partial charge in [-0.1, -0.05) is 0 Å². The van der Waals surface area contributed by atoms with Crippen LogP contribution in [0.3, 0.4) is 0 Å². The van der Waals surface area contributed by atoms with Gasteiger partial charge in [-0.2, -0.15) is 0 Å². The minimum atomic E-state index is -0.674. The smallest absolute Gasteiger partial charge is 0.133 e. The zero-order valence-electron chi connectivity index (χ0n) is 9.21. The van der Waals surface area contributed by atoms with Crippen molar-refractivity contribution in [2.75, 3.05) is 5.73 Å². The molecule has 0 saturated carbocycles. The summed E-state index contributed by atoms with van der Waals surface area (Å²) in [4.78, 5) is 0. The van der Waals surface area contributed by atoms with Crippen molar-refractivity contribution in [3.8, 4) is 11.5 Å². The van der Waals surface area contributed by atoms with E-state index in [0.717, 1.165) is 23.8 Å². The van der Waals surface area contributed by atoms with Gasteiger partial charge in [0.1, 0.15) is 23.1 Å².